The van der Waals surface area contributed by atoms with Gasteiger partial charge in [0.25, 0.3) is 15.9 Å². The molecule has 3 aromatic carbocycles. The molecule has 0 saturated heterocycles. The minimum absolute atomic E-state index is 0.106. The Bertz CT molecular complexity index is 1110. The molecule has 6 nitrogen and oxygen atoms in total. The van der Waals surface area contributed by atoms with Crippen molar-refractivity contribution in [3.63, 3.8) is 0 Å². The number of sulfonamides is 1. The molecule has 3 rings (SSSR count). The van der Waals surface area contributed by atoms with E-state index in [1.54, 1.807) is 24.3 Å². The van der Waals surface area contributed by atoms with Crippen molar-refractivity contribution in [1.82, 2.24) is 5.32 Å². The fraction of sp³-hybridized carbons (Fsp3) is 0.136. The molecule has 0 aliphatic rings. The van der Waals surface area contributed by atoms with E-state index in [2.05, 4.69) is 10.0 Å². The summed E-state index contributed by atoms with van der Waals surface area (Å²) in [6, 6.07) is 20.0. The number of nitrogens with zero attached hydrogens (tertiary/aromatic N) is 1. The van der Waals surface area contributed by atoms with Gasteiger partial charge in [-0.25, -0.2) is 8.42 Å². The molecule has 0 fully saturated rings. The predicted molar refractivity (Wildman–Crippen MR) is 121 cm³/mol. The lowest BCUT2D eigenvalue weighted by Gasteiger charge is -2.13. The fourth-order valence-electron chi connectivity index (χ4n) is 2.71. The average Bonchev–Trinajstić information content (AvgIpc) is 2.73. The van der Waals surface area contributed by atoms with Gasteiger partial charge in [-0.2, -0.15) is 0 Å². The highest BCUT2D eigenvalue weighted by Gasteiger charge is 2.14. The van der Waals surface area contributed by atoms with E-state index in [4.69, 9.17) is 11.6 Å². The summed E-state index contributed by atoms with van der Waals surface area (Å²) >= 11 is 5.80. The maximum absolute atomic E-state index is 12.4. The van der Waals surface area contributed by atoms with Crippen LogP contribution in [0.1, 0.15) is 15.9 Å². The Balaban J connectivity index is 1.60. The van der Waals surface area contributed by atoms with Gasteiger partial charge < -0.3 is 10.2 Å². The van der Waals surface area contributed by atoms with Gasteiger partial charge in [-0.3, -0.25) is 9.52 Å². The van der Waals surface area contributed by atoms with E-state index < -0.39 is 10.0 Å². The highest BCUT2D eigenvalue weighted by Crippen LogP contribution is 2.19. The van der Waals surface area contributed by atoms with Crippen molar-refractivity contribution in [1.29, 1.82) is 0 Å². The van der Waals surface area contributed by atoms with Crippen LogP contribution in [-0.2, 0) is 16.6 Å². The number of carbonyl (C=O) groups is 1. The molecule has 0 bridgehead atoms. The summed E-state index contributed by atoms with van der Waals surface area (Å²) < 4.78 is 27.3. The smallest absolute Gasteiger partial charge is 0.261 e. The van der Waals surface area contributed by atoms with E-state index in [1.807, 2.05) is 43.3 Å². The summed E-state index contributed by atoms with van der Waals surface area (Å²) in [5.74, 6) is -0.237. The Kier molecular flexibility index (Phi) is 6.64. The van der Waals surface area contributed by atoms with E-state index >= 15 is 0 Å². The van der Waals surface area contributed by atoms with Gasteiger partial charge in [-0.1, -0.05) is 23.7 Å². The molecule has 0 atom stereocenters. The first kappa shape index (κ1) is 21.7. The monoisotopic (exact) mass is 443 g/mol. The summed E-state index contributed by atoms with van der Waals surface area (Å²) in [6.45, 7) is 0.400. The predicted octanol–water partition coefficient (Wildman–Crippen LogP) is 4.14. The Labute approximate surface area is 181 Å². The van der Waals surface area contributed by atoms with Crippen molar-refractivity contribution < 1.29 is 13.2 Å². The molecule has 0 saturated carbocycles. The Morgan fingerprint density at radius 2 is 1.50 bits per heavy atom. The SMILES string of the molecule is CN(C)c1ccc(CNC(=O)c2ccc(NS(=O)(=O)c3ccc(Cl)cc3)cc2)cc1. The molecule has 2 N–H and O–H groups in total. The van der Waals surface area contributed by atoms with Crippen LogP contribution in [0.25, 0.3) is 0 Å². The number of anilines is 2. The summed E-state index contributed by atoms with van der Waals surface area (Å²) in [4.78, 5) is 14.5. The van der Waals surface area contributed by atoms with Crippen molar-refractivity contribution in [3.8, 4) is 0 Å². The third-order valence-electron chi connectivity index (χ3n) is 4.43. The van der Waals surface area contributed by atoms with E-state index in [0.717, 1.165) is 11.3 Å². The van der Waals surface area contributed by atoms with Crippen molar-refractivity contribution in [2.75, 3.05) is 23.7 Å². The molecule has 0 aromatic heterocycles. The molecule has 0 spiro atoms. The molecule has 0 unspecified atom stereocenters. The highest BCUT2D eigenvalue weighted by atomic mass is 35.5. The van der Waals surface area contributed by atoms with E-state index in [-0.39, 0.29) is 10.8 Å². The number of carbonyl (C=O) groups excluding carboxylic acids is 1. The minimum Gasteiger partial charge on any atom is -0.378 e. The summed E-state index contributed by atoms with van der Waals surface area (Å²) in [7, 11) is 0.205. The number of nitrogens with one attached hydrogen (secondary N) is 2. The zero-order chi connectivity index (χ0) is 21.7. The number of hydrogen-bond donors (Lipinski definition) is 2. The number of halogens is 1. The first-order chi connectivity index (χ1) is 14.2. The van der Waals surface area contributed by atoms with Crippen molar-refractivity contribution in [2.45, 2.75) is 11.4 Å². The van der Waals surface area contributed by atoms with Crippen LogP contribution >= 0.6 is 11.6 Å². The van der Waals surface area contributed by atoms with Crippen LogP contribution in [-0.4, -0.2) is 28.4 Å². The number of amides is 1. The normalized spacial score (nSPS) is 11.0. The first-order valence-corrected chi connectivity index (χ1v) is 11.0. The maximum Gasteiger partial charge on any atom is 0.261 e. The quantitative estimate of drug-likeness (QED) is 0.575. The lowest BCUT2D eigenvalue weighted by atomic mass is 10.1. The van der Waals surface area contributed by atoms with Crippen molar-refractivity contribution in [3.05, 3.63) is 88.9 Å². The van der Waals surface area contributed by atoms with Gasteiger partial charge in [0.05, 0.1) is 4.90 Å². The lowest BCUT2D eigenvalue weighted by molar-refractivity contribution is 0.0951. The van der Waals surface area contributed by atoms with E-state index in [9.17, 15) is 13.2 Å². The molecular formula is C22H22ClN3O3S. The Hall–Kier alpha value is -3.03. The molecule has 1 amide bonds. The summed E-state index contributed by atoms with van der Waals surface area (Å²) in [5, 5.41) is 3.32. The molecule has 8 heteroatoms. The van der Waals surface area contributed by atoms with Crippen LogP contribution in [0.5, 0.6) is 0 Å². The second-order valence-electron chi connectivity index (χ2n) is 6.88. The van der Waals surface area contributed by atoms with Crippen molar-refractivity contribution >= 4 is 38.9 Å². The van der Waals surface area contributed by atoms with Crippen LogP contribution in [0.15, 0.2) is 77.7 Å². The largest absolute Gasteiger partial charge is 0.378 e. The summed E-state index contributed by atoms with van der Waals surface area (Å²) in [6.07, 6.45) is 0. The van der Waals surface area contributed by atoms with Crippen LogP contribution in [0, 0.1) is 0 Å². The van der Waals surface area contributed by atoms with E-state index in [1.165, 1.54) is 24.3 Å². The van der Waals surface area contributed by atoms with Gasteiger partial charge in [-0.15, -0.1) is 0 Å². The number of benzene rings is 3. The van der Waals surface area contributed by atoms with Gasteiger partial charge >= 0.3 is 0 Å². The van der Waals surface area contributed by atoms with Gasteiger partial charge in [0.15, 0.2) is 0 Å². The molecule has 30 heavy (non-hydrogen) atoms. The second-order valence-corrected chi connectivity index (χ2v) is 9.00. The topological polar surface area (TPSA) is 78.5 Å². The Morgan fingerprint density at radius 1 is 0.900 bits per heavy atom. The molecule has 0 heterocycles. The summed E-state index contributed by atoms with van der Waals surface area (Å²) in [5.41, 5.74) is 2.87. The minimum atomic E-state index is -3.73. The van der Waals surface area contributed by atoms with Gasteiger partial charge in [0.2, 0.25) is 0 Å². The average molecular weight is 444 g/mol. The van der Waals surface area contributed by atoms with Gasteiger partial charge in [0, 0.05) is 42.6 Å². The van der Waals surface area contributed by atoms with Crippen molar-refractivity contribution in [2.24, 2.45) is 0 Å². The Morgan fingerprint density at radius 3 is 2.07 bits per heavy atom. The number of hydrogen-bond acceptors (Lipinski definition) is 4. The first-order valence-electron chi connectivity index (χ1n) is 9.17. The van der Waals surface area contributed by atoms with Crippen LogP contribution in [0.4, 0.5) is 11.4 Å². The fourth-order valence-corrected chi connectivity index (χ4v) is 3.90. The third kappa shape index (κ3) is 5.52. The maximum atomic E-state index is 12.4. The molecular weight excluding hydrogens is 422 g/mol. The molecule has 0 radical (unpaired) electrons. The van der Waals surface area contributed by atoms with Crippen LogP contribution in [0.3, 0.4) is 0 Å². The molecule has 156 valence electrons. The molecule has 3 aromatic rings. The van der Waals surface area contributed by atoms with E-state index in [0.29, 0.717) is 22.8 Å². The highest BCUT2D eigenvalue weighted by molar-refractivity contribution is 7.92. The van der Waals surface area contributed by atoms with Crippen LogP contribution in [0.2, 0.25) is 5.02 Å². The third-order valence-corrected chi connectivity index (χ3v) is 6.08. The second kappa shape index (κ2) is 9.19. The number of rotatable bonds is 7. The zero-order valence-corrected chi connectivity index (χ0v) is 18.2. The molecule has 0 aliphatic heterocycles. The lowest BCUT2D eigenvalue weighted by Crippen LogP contribution is -2.22. The van der Waals surface area contributed by atoms with Gasteiger partial charge in [-0.05, 0) is 66.2 Å². The molecule has 0 aliphatic carbocycles. The van der Waals surface area contributed by atoms with Crippen LogP contribution < -0.4 is 14.9 Å². The van der Waals surface area contributed by atoms with Gasteiger partial charge in [0.1, 0.15) is 0 Å². The standard InChI is InChI=1S/C22H22ClN3O3S/c1-26(2)20-11-3-16(4-12-20)15-24-22(27)17-5-9-19(10-6-17)25-30(28,29)21-13-7-18(23)8-14-21/h3-14,25H,15H2,1-2H3,(H,24,27). The zero-order valence-electron chi connectivity index (χ0n) is 16.6.